The summed E-state index contributed by atoms with van der Waals surface area (Å²) in [5.41, 5.74) is 0.903. The number of hydrogen-bond donors (Lipinski definition) is 1. The van der Waals surface area contributed by atoms with Crippen molar-refractivity contribution in [3.8, 4) is 0 Å². The van der Waals surface area contributed by atoms with Crippen LogP contribution in [0.15, 0.2) is 52.5 Å². The van der Waals surface area contributed by atoms with Crippen LogP contribution in [0.2, 0.25) is 0 Å². The van der Waals surface area contributed by atoms with E-state index in [4.69, 9.17) is 5.21 Å². The Hall–Kier alpha value is -2.17. The maximum atomic E-state index is 8.09. The van der Waals surface area contributed by atoms with E-state index in [1.54, 1.807) is 0 Å². The van der Waals surface area contributed by atoms with Crippen LogP contribution in [0.3, 0.4) is 0 Å². The van der Waals surface area contributed by atoms with Crippen molar-refractivity contribution >= 4 is 6.21 Å². The van der Waals surface area contributed by atoms with Gasteiger partial charge in [-0.2, -0.15) is 0 Å². The van der Waals surface area contributed by atoms with Gasteiger partial charge in [-0.15, -0.1) is 5.10 Å². The normalized spacial score (nSPS) is 9.43. The molecule has 2 rings (SSSR count). The van der Waals surface area contributed by atoms with Crippen LogP contribution in [0.5, 0.6) is 0 Å². The molecule has 5 nitrogen and oxygen atoms in total. The van der Waals surface area contributed by atoms with E-state index in [1.165, 1.54) is 18.7 Å². The van der Waals surface area contributed by atoms with Gasteiger partial charge in [0.25, 0.3) is 0 Å². The Kier molecular flexibility index (Phi) is 4.50. The van der Waals surface area contributed by atoms with E-state index in [9.17, 15) is 0 Å². The highest BCUT2D eigenvalue weighted by Crippen LogP contribution is 1.92. The number of hydrogen-bond acceptors (Lipinski definition) is 5. The predicted octanol–water partition coefficient (Wildman–Crippen LogP) is 1.56. The van der Waals surface area contributed by atoms with Gasteiger partial charge in [-0.3, -0.25) is 0 Å². The lowest BCUT2D eigenvalue weighted by atomic mass is 10.2. The Morgan fingerprint density at radius 2 is 2.07 bits per heavy atom. The molecule has 0 unspecified atom stereocenters. The second kappa shape index (κ2) is 6.36. The molecule has 0 atom stereocenters. The topological polar surface area (TPSA) is 71.5 Å². The average molecular weight is 191 g/mol. The molecule has 1 heterocycles. The van der Waals surface area contributed by atoms with Crippen LogP contribution in [0, 0.1) is 0 Å². The van der Waals surface area contributed by atoms with Crippen molar-refractivity contribution in [1.29, 1.82) is 0 Å². The third kappa shape index (κ3) is 4.01. The molecule has 0 aliphatic heterocycles. The number of benzene rings is 1. The van der Waals surface area contributed by atoms with Crippen LogP contribution in [-0.2, 0) is 0 Å². The van der Waals surface area contributed by atoms with Crippen molar-refractivity contribution in [2.75, 3.05) is 0 Å². The molecule has 0 spiro atoms. The van der Waals surface area contributed by atoms with Gasteiger partial charge in [0, 0.05) is 5.27 Å². The van der Waals surface area contributed by atoms with Gasteiger partial charge < -0.3 is 9.73 Å². The van der Waals surface area contributed by atoms with Crippen LogP contribution >= 0.6 is 0 Å². The van der Waals surface area contributed by atoms with E-state index in [0.717, 1.165) is 5.56 Å². The number of nitrogens with zero attached hydrogens (tertiary/aromatic N) is 3. The third-order valence-electron chi connectivity index (χ3n) is 1.29. The zero-order chi connectivity index (χ0) is 10.1. The first kappa shape index (κ1) is 9.91. The Morgan fingerprint density at radius 3 is 2.50 bits per heavy atom. The predicted molar refractivity (Wildman–Crippen MR) is 50.1 cm³/mol. The maximum absolute atomic E-state index is 8.09. The molecule has 0 aliphatic carbocycles. The summed E-state index contributed by atoms with van der Waals surface area (Å²) < 4.78 is 4.22. The van der Waals surface area contributed by atoms with Gasteiger partial charge in [0.1, 0.15) is 6.26 Å². The second-order valence-corrected chi connectivity index (χ2v) is 2.24. The van der Waals surface area contributed by atoms with E-state index < -0.39 is 0 Å². The zero-order valence-electron chi connectivity index (χ0n) is 7.32. The summed E-state index contributed by atoms with van der Waals surface area (Å²) in [5, 5.41) is 17.4. The van der Waals surface area contributed by atoms with Gasteiger partial charge in [0.15, 0.2) is 0 Å². The third-order valence-corrected chi connectivity index (χ3v) is 1.29. The fraction of sp³-hybridized carbons (Fsp3) is 0. The SMILES string of the molecule is ON=Cc1ccccc1.c1conn1. The molecule has 1 aromatic carbocycles. The lowest BCUT2D eigenvalue weighted by Crippen LogP contribution is -1.76. The standard InChI is InChI=1S/C7H7NO.C2H2N2O/c9-8-6-7-4-2-1-3-5-7;1-2-5-4-3-1/h1-6,9H;1-2H. The average Bonchev–Trinajstić information content (AvgIpc) is 2.78. The van der Waals surface area contributed by atoms with Gasteiger partial charge >= 0.3 is 0 Å². The summed E-state index contributed by atoms with van der Waals surface area (Å²) in [6, 6.07) is 9.40. The Bertz CT molecular complexity index is 328. The minimum absolute atomic E-state index is 0.903. The first-order valence-electron chi connectivity index (χ1n) is 3.87. The second-order valence-electron chi connectivity index (χ2n) is 2.24. The maximum Gasteiger partial charge on any atom is 0.144 e. The Morgan fingerprint density at radius 1 is 1.29 bits per heavy atom. The van der Waals surface area contributed by atoms with Crippen molar-refractivity contribution in [2.24, 2.45) is 5.16 Å². The van der Waals surface area contributed by atoms with Crippen molar-refractivity contribution < 1.29 is 9.73 Å². The quantitative estimate of drug-likeness (QED) is 0.422. The molecule has 0 radical (unpaired) electrons. The smallest absolute Gasteiger partial charge is 0.144 e. The zero-order valence-corrected chi connectivity index (χ0v) is 7.32. The van der Waals surface area contributed by atoms with Crippen LogP contribution < -0.4 is 0 Å². The summed E-state index contributed by atoms with van der Waals surface area (Å²) in [6.07, 6.45) is 4.26. The Labute approximate surface area is 80.7 Å². The molecular formula is C9H9N3O2. The molecular weight excluding hydrogens is 182 g/mol. The molecule has 0 aliphatic rings. The molecule has 0 saturated heterocycles. The summed E-state index contributed by atoms with van der Waals surface area (Å²) in [5.74, 6) is 0. The molecule has 1 aromatic heterocycles. The molecule has 0 amide bonds. The van der Waals surface area contributed by atoms with Crippen LogP contribution in [0.25, 0.3) is 0 Å². The van der Waals surface area contributed by atoms with Crippen molar-refractivity contribution in [3.63, 3.8) is 0 Å². The molecule has 0 bridgehead atoms. The first-order chi connectivity index (χ1) is 6.93. The van der Waals surface area contributed by atoms with Gasteiger partial charge in [0.05, 0.1) is 12.4 Å². The molecule has 1 N–H and O–H groups in total. The van der Waals surface area contributed by atoms with E-state index in [1.807, 2.05) is 30.3 Å². The highest BCUT2D eigenvalue weighted by atomic mass is 16.5. The summed E-state index contributed by atoms with van der Waals surface area (Å²) in [6.45, 7) is 0. The Balaban J connectivity index is 0.000000165. The molecule has 14 heavy (non-hydrogen) atoms. The van der Waals surface area contributed by atoms with Gasteiger partial charge in [-0.25, -0.2) is 0 Å². The first-order valence-corrected chi connectivity index (χ1v) is 3.87. The minimum Gasteiger partial charge on any atom is -0.411 e. The van der Waals surface area contributed by atoms with Gasteiger partial charge in [-0.05, 0) is 5.56 Å². The number of oxime groups is 1. The molecule has 5 heteroatoms. The highest BCUT2D eigenvalue weighted by Gasteiger charge is 1.79. The highest BCUT2D eigenvalue weighted by molar-refractivity contribution is 5.78. The fourth-order valence-electron chi connectivity index (χ4n) is 0.742. The fourth-order valence-corrected chi connectivity index (χ4v) is 0.742. The van der Waals surface area contributed by atoms with Crippen molar-refractivity contribution in [1.82, 2.24) is 10.4 Å². The van der Waals surface area contributed by atoms with E-state index in [0.29, 0.717) is 0 Å². The number of rotatable bonds is 1. The van der Waals surface area contributed by atoms with Crippen LogP contribution in [0.1, 0.15) is 5.56 Å². The van der Waals surface area contributed by atoms with Gasteiger partial charge in [0.2, 0.25) is 0 Å². The van der Waals surface area contributed by atoms with Crippen LogP contribution in [-0.4, -0.2) is 21.8 Å². The van der Waals surface area contributed by atoms with E-state index >= 15 is 0 Å². The lowest BCUT2D eigenvalue weighted by molar-refractivity contribution is 0.322. The largest absolute Gasteiger partial charge is 0.411 e. The van der Waals surface area contributed by atoms with Gasteiger partial charge in [-0.1, -0.05) is 35.5 Å². The monoisotopic (exact) mass is 191 g/mol. The molecule has 0 fully saturated rings. The summed E-state index contributed by atoms with van der Waals surface area (Å²) in [7, 11) is 0. The molecule has 72 valence electrons. The van der Waals surface area contributed by atoms with Crippen molar-refractivity contribution in [2.45, 2.75) is 0 Å². The molecule has 0 saturated carbocycles. The van der Waals surface area contributed by atoms with Crippen molar-refractivity contribution in [3.05, 3.63) is 48.4 Å². The van der Waals surface area contributed by atoms with E-state index in [-0.39, 0.29) is 0 Å². The summed E-state index contributed by atoms with van der Waals surface area (Å²) >= 11 is 0. The van der Waals surface area contributed by atoms with E-state index in [2.05, 4.69) is 20.0 Å². The minimum atomic E-state index is 0.903. The molecule has 2 aromatic rings. The lowest BCUT2D eigenvalue weighted by Gasteiger charge is -1.85. The number of aromatic nitrogens is 2. The van der Waals surface area contributed by atoms with Crippen LogP contribution in [0.4, 0.5) is 0 Å². The summed E-state index contributed by atoms with van der Waals surface area (Å²) in [4.78, 5) is 0.